The lowest BCUT2D eigenvalue weighted by Gasteiger charge is -2.16. The van der Waals surface area contributed by atoms with Gasteiger partial charge in [0.25, 0.3) is 0 Å². The molecule has 1 aromatic heterocycles. The Morgan fingerprint density at radius 1 is 0.970 bits per heavy atom. The third-order valence-corrected chi connectivity index (χ3v) is 5.17. The number of carboxylic acids is 1. The van der Waals surface area contributed by atoms with E-state index in [0.29, 0.717) is 17.0 Å². The highest BCUT2D eigenvalue weighted by atomic mass is 19.4. The second-order valence-electron chi connectivity index (χ2n) is 7.33. The van der Waals surface area contributed by atoms with E-state index in [0.717, 1.165) is 24.3 Å². The van der Waals surface area contributed by atoms with Gasteiger partial charge in [-0.15, -0.1) is 0 Å². The van der Waals surface area contributed by atoms with Crippen molar-refractivity contribution >= 4 is 16.9 Å². The van der Waals surface area contributed by atoms with Gasteiger partial charge in [-0.25, -0.2) is 13.6 Å². The maximum Gasteiger partial charge on any atom is 0.416 e. The first kappa shape index (κ1) is 22.3. The molecule has 0 aliphatic rings. The number of ether oxygens (including phenoxy) is 1. The van der Waals surface area contributed by atoms with E-state index in [1.807, 2.05) is 0 Å². The highest BCUT2D eigenvalue weighted by molar-refractivity contribution is 6.03. The van der Waals surface area contributed by atoms with E-state index in [1.54, 1.807) is 29.0 Å². The van der Waals surface area contributed by atoms with Gasteiger partial charge >= 0.3 is 12.1 Å². The van der Waals surface area contributed by atoms with Gasteiger partial charge in [-0.1, -0.05) is 6.07 Å². The molecule has 1 N–H and O–H groups in total. The third-order valence-electron chi connectivity index (χ3n) is 5.17. The fourth-order valence-corrected chi connectivity index (χ4v) is 3.55. The molecule has 0 atom stereocenters. The van der Waals surface area contributed by atoms with E-state index >= 15 is 0 Å². The third kappa shape index (κ3) is 4.67. The molecular weight excluding hydrogens is 445 g/mol. The van der Waals surface area contributed by atoms with Gasteiger partial charge in [0.1, 0.15) is 24.0 Å². The summed E-state index contributed by atoms with van der Waals surface area (Å²) in [4.78, 5) is 11.5. The predicted octanol–water partition coefficient (Wildman–Crippen LogP) is 6.26. The Hall–Kier alpha value is -3.88. The highest BCUT2D eigenvalue weighted by Crippen LogP contribution is 2.34. The lowest BCUT2D eigenvalue weighted by molar-refractivity contribution is -0.137. The van der Waals surface area contributed by atoms with Crippen LogP contribution in [0.2, 0.25) is 0 Å². The summed E-state index contributed by atoms with van der Waals surface area (Å²) in [6.45, 7) is -0.377. The molecule has 0 aliphatic carbocycles. The summed E-state index contributed by atoms with van der Waals surface area (Å²) in [5.41, 5.74) is -0.104. The Kier molecular flexibility index (Phi) is 5.80. The van der Waals surface area contributed by atoms with Crippen molar-refractivity contribution in [3.8, 4) is 5.75 Å². The first-order chi connectivity index (χ1) is 15.6. The standard InChI is InChI=1S/C24H16F5NO3/c25-17-6-4-14(20(26)11-17)13-33-22-7-5-16(24(27,28)29)10-15(22)12-30-9-8-18-19(23(31)32)2-1-3-21(18)30/h1-11H,12-13H2,(H,31,32). The Balaban J connectivity index is 1.70. The van der Waals surface area contributed by atoms with Crippen molar-refractivity contribution in [3.63, 3.8) is 0 Å². The number of rotatable bonds is 6. The SMILES string of the molecule is O=C(O)c1cccc2c1ccn2Cc1cc(C(F)(F)F)ccc1OCc1ccc(F)cc1F. The summed E-state index contributed by atoms with van der Waals surface area (Å²) in [5, 5.41) is 9.80. The van der Waals surface area contributed by atoms with Crippen molar-refractivity contribution < 1.29 is 36.6 Å². The minimum atomic E-state index is -4.59. The zero-order valence-electron chi connectivity index (χ0n) is 16.9. The maximum atomic E-state index is 13.9. The lowest BCUT2D eigenvalue weighted by Crippen LogP contribution is -2.09. The molecule has 0 saturated heterocycles. The molecule has 0 saturated carbocycles. The monoisotopic (exact) mass is 461 g/mol. The van der Waals surface area contributed by atoms with Crippen molar-refractivity contribution in [2.75, 3.05) is 0 Å². The molecule has 0 amide bonds. The van der Waals surface area contributed by atoms with E-state index < -0.39 is 29.3 Å². The fraction of sp³-hybridized carbons (Fsp3) is 0.125. The Labute approximate surface area is 184 Å². The number of carbonyl (C=O) groups is 1. The van der Waals surface area contributed by atoms with Gasteiger partial charge in [-0.3, -0.25) is 0 Å². The quantitative estimate of drug-likeness (QED) is 0.345. The second kappa shape index (κ2) is 8.57. The van der Waals surface area contributed by atoms with E-state index in [4.69, 9.17) is 4.74 Å². The minimum absolute atomic E-state index is 0.0414. The van der Waals surface area contributed by atoms with Crippen molar-refractivity contribution in [1.82, 2.24) is 4.57 Å². The average molecular weight is 461 g/mol. The van der Waals surface area contributed by atoms with Crippen LogP contribution in [0.25, 0.3) is 10.9 Å². The number of alkyl halides is 3. The van der Waals surface area contributed by atoms with Crippen LogP contribution in [0.5, 0.6) is 5.75 Å². The number of hydrogen-bond donors (Lipinski definition) is 1. The van der Waals surface area contributed by atoms with Crippen molar-refractivity contribution in [2.24, 2.45) is 0 Å². The molecule has 0 fully saturated rings. The van der Waals surface area contributed by atoms with E-state index in [-0.39, 0.29) is 35.6 Å². The van der Waals surface area contributed by atoms with Crippen molar-refractivity contribution in [2.45, 2.75) is 19.3 Å². The van der Waals surface area contributed by atoms with Gasteiger partial charge in [-0.2, -0.15) is 13.2 Å². The molecule has 1 heterocycles. The van der Waals surface area contributed by atoms with Gasteiger partial charge in [0.05, 0.1) is 17.7 Å². The number of hydrogen-bond acceptors (Lipinski definition) is 2. The molecule has 9 heteroatoms. The first-order valence-electron chi connectivity index (χ1n) is 9.71. The number of benzene rings is 3. The van der Waals surface area contributed by atoms with Crippen LogP contribution in [0.4, 0.5) is 22.0 Å². The molecule has 4 aromatic rings. The minimum Gasteiger partial charge on any atom is -0.488 e. The second-order valence-corrected chi connectivity index (χ2v) is 7.33. The van der Waals surface area contributed by atoms with Crippen LogP contribution in [0, 0.1) is 11.6 Å². The molecule has 4 nitrogen and oxygen atoms in total. The van der Waals surface area contributed by atoms with Crippen molar-refractivity contribution in [3.05, 3.63) is 101 Å². The number of fused-ring (bicyclic) bond motifs is 1. The number of aromatic nitrogens is 1. The number of nitrogens with zero attached hydrogens (tertiary/aromatic N) is 1. The number of halogens is 5. The first-order valence-corrected chi connectivity index (χ1v) is 9.71. The molecule has 0 aliphatic heterocycles. The topological polar surface area (TPSA) is 51.5 Å². The van der Waals surface area contributed by atoms with Crippen molar-refractivity contribution in [1.29, 1.82) is 0 Å². The van der Waals surface area contributed by atoms with Gasteiger partial charge in [-0.05, 0) is 48.5 Å². The normalized spacial score (nSPS) is 11.7. The van der Waals surface area contributed by atoms with Gasteiger partial charge in [0.15, 0.2) is 0 Å². The zero-order chi connectivity index (χ0) is 23.8. The molecule has 4 rings (SSSR count). The number of aromatic carboxylic acids is 1. The van der Waals surface area contributed by atoms with Gasteiger partial charge < -0.3 is 14.4 Å². The molecule has 3 aromatic carbocycles. The van der Waals surface area contributed by atoms with E-state index in [1.165, 1.54) is 12.1 Å². The summed E-state index contributed by atoms with van der Waals surface area (Å²) in [7, 11) is 0. The summed E-state index contributed by atoms with van der Waals surface area (Å²) in [6.07, 6.45) is -3.02. The smallest absolute Gasteiger partial charge is 0.416 e. The Morgan fingerprint density at radius 2 is 1.76 bits per heavy atom. The zero-order valence-corrected chi connectivity index (χ0v) is 16.9. The summed E-state index contributed by atoms with van der Waals surface area (Å²) in [6, 6.07) is 12.1. The molecule has 0 spiro atoms. The molecule has 33 heavy (non-hydrogen) atoms. The molecule has 0 unspecified atom stereocenters. The Morgan fingerprint density at radius 3 is 2.45 bits per heavy atom. The van der Waals surface area contributed by atoms with Crippen LogP contribution in [-0.4, -0.2) is 15.6 Å². The fourth-order valence-electron chi connectivity index (χ4n) is 3.55. The van der Waals surface area contributed by atoms with Crippen LogP contribution in [-0.2, 0) is 19.3 Å². The molecule has 0 bridgehead atoms. The highest BCUT2D eigenvalue weighted by Gasteiger charge is 2.31. The molecular formula is C24H16F5NO3. The van der Waals surface area contributed by atoms with Gasteiger partial charge in [0, 0.05) is 34.3 Å². The van der Waals surface area contributed by atoms with Crippen LogP contribution >= 0.6 is 0 Å². The number of carboxylic acid groups (broad SMARTS) is 1. The van der Waals surface area contributed by atoms with Crippen LogP contribution in [0.1, 0.15) is 27.0 Å². The summed E-state index contributed by atoms with van der Waals surface area (Å²) < 4.78 is 74.2. The lowest BCUT2D eigenvalue weighted by atomic mass is 10.1. The maximum absolute atomic E-state index is 13.9. The summed E-state index contributed by atoms with van der Waals surface area (Å²) in [5.74, 6) is -2.63. The van der Waals surface area contributed by atoms with E-state index in [9.17, 15) is 31.9 Å². The molecule has 170 valence electrons. The van der Waals surface area contributed by atoms with Crippen LogP contribution in [0.15, 0.2) is 66.9 Å². The van der Waals surface area contributed by atoms with Gasteiger partial charge in [0.2, 0.25) is 0 Å². The van der Waals surface area contributed by atoms with Crippen LogP contribution in [0.3, 0.4) is 0 Å². The average Bonchev–Trinajstić information content (AvgIpc) is 3.16. The van der Waals surface area contributed by atoms with E-state index in [2.05, 4.69) is 0 Å². The largest absolute Gasteiger partial charge is 0.488 e. The summed E-state index contributed by atoms with van der Waals surface area (Å²) >= 11 is 0. The van der Waals surface area contributed by atoms with Crippen LogP contribution < -0.4 is 4.74 Å². The Bertz CT molecular complexity index is 1340. The predicted molar refractivity (Wildman–Crippen MR) is 110 cm³/mol. The molecule has 0 radical (unpaired) electrons.